The monoisotopic (exact) mass is 343 g/mol. The van der Waals surface area contributed by atoms with Crippen molar-refractivity contribution in [1.29, 1.82) is 0 Å². The van der Waals surface area contributed by atoms with Crippen LogP contribution in [0.5, 0.6) is 0 Å². The summed E-state index contributed by atoms with van der Waals surface area (Å²) in [6.07, 6.45) is 0.805. The molecule has 22 heavy (non-hydrogen) atoms. The van der Waals surface area contributed by atoms with E-state index in [-0.39, 0.29) is 23.7 Å². The number of rotatable bonds is 3. The summed E-state index contributed by atoms with van der Waals surface area (Å²) < 4.78 is 28.0. The van der Waals surface area contributed by atoms with E-state index >= 15 is 0 Å². The largest absolute Gasteiger partial charge is 0 e. The minimum Gasteiger partial charge on any atom is 0 e. The first-order valence-electron chi connectivity index (χ1n) is 5.98. The zero-order valence-corrected chi connectivity index (χ0v) is 13.6. The second-order valence-corrected chi connectivity index (χ2v) is 3.70. The van der Waals surface area contributed by atoms with Gasteiger partial charge in [0, 0.05) is 37.4 Å². The second-order valence-electron chi connectivity index (χ2n) is 3.70. The molecule has 2 rings (SSSR count). The predicted molar refractivity (Wildman–Crippen MR) is 69.9 cm³/mol. The smallest absolute Gasteiger partial charge is 0 e. The Morgan fingerprint density at radius 1 is 1.14 bits per heavy atom. The van der Waals surface area contributed by atoms with Gasteiger partial charge < -0.3 is 4.74 Å². The van der Waals surface area contributed by atoms with E-state index in [9.17, 15) is 0 Å². The molecule has 1 aliphatic rings. The van der Waals surface area contributed by atoms with Crippen LogP contribution < -0.4 is 0 Å². The van der Waals surface area contributed by atoms with Gasteiger partial charge in [-0.1, -0.05) is 30.3 Å². The first-order chi connectivity index (χ1) is 10.3. The van der Waals surface area contributed by atoms with Crippen molar-refractivity contribution in [1.82, 2.24) is 5.06 Å². The van der Waals surface area contributed by atoms with Crippen LogP contribution in [0, 0.1) is 20.0 Å². The molecule has 118 valence electrons. The molecule has 0 radical (unpaired) electrons. The van der Waals surface area contributed by atoms with E-state index in [0.29, 0.717) is 12.6 Å². The standard InChI is InChI=1S/C12H17NO2.3CO.Cr/c1-3-14-12-9-11(13(2)15-12)10-7-5-4-6-8-10;3*1-2;/h4-8,11-12H,3,9H2,1-2H3;;;;/t11-,12+;;;;/m0..../s1. The van der Waals surface area contributed by atoms with Gasteiger partial charge in [0.05, 0.1) is 6.04 Å². The van der Waals surface area contributed by atoms with Crippen molar-refractivity contribution in [2.75, 3.05) is 13.7 Å². The summed E-state index contributed by atoms with van der Waals surface area (Å²) in [6, 6.07) is 10.7. The average Bonchev–Trinajstić information content (AvgIpc) is 2.95. The van der Waals surface area contributed by atoms with Crippen molar-refractivity contribution >= 4 is 0 Å². The molecule has 0 unspecified atom stereocenters. The second kappa shape index (κ2) is 17.9. The van der Waals surface area contributed by atoms with E-state index in [4.69, 9.17) is 23.5 Å². The van der Waals surface area contributed by atoms with Gasteiger partial charge in [0.25, 0.3) is 0 Å². The third kappa shape index (κ3) is 8.99. The molecule has 0 saturated carbocycles. The summed E-state index contributed by atoms with van der Waals surface area (Å²) in [6.45, 7) is 16.2. The van der Waals surface area contributed by atoms with E-state index in [1.807, 2.05) is 25.1 Å². The Morgan fingerprint density at radius 3 is 2.09 bits per heavy atom. The van der Waals surface area contributed by atoms with E-state index in [1.54, 1.807) is 0 Å². The number of hydrogen-bond donors (Lipinski definition) is 0. The molecular formula is C15H17CrNO5. The summed E-state index contributed by atoms with van der Waals surface area (Å²) in [5.41, 5.74) is 1.28. The molecule has 0 N–H and O–H groups in total. The van der Waals surface area contributed by atoms with E-state index in [0.717, 1.165) is 6.42 Å². The number of hydroxylamine groups is 2. The Kier molecular flexibility index (Phi) is 21.0. The van der Waals surface area contributed by atoms with Gasteiger partial charge in [-0.15, -0.1) is 0 Å². The van der Waals surface area contributed by atoms with Crippen LogP contribution in [-0.2, 0) is 40.9 Å². The quantitative estimate of drug-likeness (QED) is 0.623. The number of nitrogens with zero attached hydrogens (tertiary/aromatic N) is 1. The van der Waals surface area contributed by atoms with Crippen molar-refractivity contribution in [3.8, 4) is 0 Å². The maximum absolute atomic E-state index is 7.50. The number of ether oxygens (including phenoxy) is 1. The molecular weight excluding hydrogens is 326 g/mol. The van der Waals surface area contributed by atoms with Gasteiger partial charge in [-0.25, -0.2) is 0 Å². The molecule has 0 spiro atoms. The zero-order valence-electron chi connectivity index (χ0n) is 12.4. The third-order valence-corrected chi connectivity index (χ3v) is 2.68. The molecule has 0 amide bonds. The van der Waals surface area contributed by atoms with Gasteiger partial charge in [0.15, 0.2) is 6.29 Å². The molecule has 1 aliphatic heterocycles. The molecule has 1 aromatic carbocycles. The van der Waals surface area contributed by atoms with Crippen LogP contribution >= 0.6 is 0 Å². The van der Waals surface area contributed by atoms with E-state index in [1.165, 1.54) is 5.56 Å². The predicted octanol–water partition coefficient (Wildman–Crippen LogP) is 2.24. The Morgan fingerprint density at radius 2 is 1.64 bits per heavy atom. The molecule has 1 heterocycles. The Labute approximate surface area is 141 Å². The molecule has 1 saturated heterocycles. The zero-order chi connectivity index (χ0) is 16.7. The van der Waals surface area contributed by atoms with Crippen LogP contribution in [0.25, 0.3) is 0 Å². The fourth-order valence-electron chi connectivity index (χ4n) is 1.94. The molecule has 0 aromatic heterocycles. The molecule has 2 atom stereocenters. The maximum atomic E-state index is 7.50. The topological polar surface area (TPSA) is 81.4 Å². The van der Waals surface area contributed by atoms with Crippen molar-refractivity contribution < 1.29 is 40.9 Å². The molecule has 0 aliphatic carbocycles. The summed E-state index contributed by atoms with van der Waals surface area (Å²) in [5.74, 6) is 0. The fraction of sp³-hybridized carbons (Fsp3) is 0.400. The van der Waals surface area contributed by atoms with Gasteiger partial charge in [-0.2, -0.15) is 5.06 Å². The normalized spacial score (nSPS) is 18.7. The van der Waals surface area contributed by atoms with Crippen LogP contribution in [0.2, 0.25) is 0 Å². The van der Waals surface area contributed by atoms with Gasteiger partial charge in [0.2, 0.25) is 0 Å². The van der Waals surface area contributed by atoms with Crippen LogP contribution in [0.4, 0.5) is 0 Å². The van der Waals surface area contributed by atoms with Crippen molar-refractivity contribution in [2.45, 2.75) is 25.7 Å². The molecule has 1 fully saturated rings. The van der Waals surface area contributed by atoms with Gasteiger partial charge in [-0.3, -0.25) is 4.84 Å². The molecule has 7 heteroatoms. The minimum atomic E-state index is -0.0924. The van der Waals surface area contributed by atoms with Crippen LogP contribution in [-0.4, -0.2) is 25.0 Å². The Hall–Kier alpha value is -1.15. The van der Waals surface area contributed by atoms with E-state index in [2.05, 4.69) is 44.2 Å². The number of benzene rings is 1. The van der Waals surface area contributed by atoms with Gasteiger partial charge >= 0.3 is 33.9 Å². The fourth-order valence-corrected chi connectivity index (χ4v) is 1.94. The summed E-state index contributed by atoms with van der Waals surface area (Å²) >= 11 is 0. The van der Waals surface area contributed by atoms with Crippen molar-refractivity contribution in [3.63, 3.8) is 0 Å². The first kappa shape index (κ1) is 25.8. The van der Waals surface area contributed by atoms with Gasteiger partial charge in [0.1, 0.15) is 0 Å². The summed E-state index contributed by atoms with van der Waals surface area (Å²) in [5, 5.41) is 1.88. The minimum absolute atomic E-state index is 0. The van der Waals surface area contributed by atoms with Crippen LogP contribution in [0.1, 0.15) is 24.9 Å². The molecule has 0 bridgehead atoms. The summed E-state index contributed by atoms with van der Waals surface area (Å²) in [4.78, 5) is 5.58. The van der Waals surface area contributed by atoms with Crippen LogP contribution in [0.15, 0.2) is 30.3 Å². The Bertz CT molecular complexity index is 407. The number of hydrogen-bond acceptors (Lipinski definition) is 3. The maximum Gasteiger partial charge on any atom is 0 e. The Balaban J connectivity index is -0.000000463. The third-order valence-electron chi connectivity index (χ3n) is 2.68. The SMILES string of the molecule is CCO[C@H]1C[C@@H](c2ccccc2)N(C)O1.[C-]#[O+].[C-]#[O+].[C-]#[O+].[Cr]. The summed E-state index contributed by atoms with van der Waals surface area (Å²) in [7, 11) is 1.96. The average molecular weight is 343 g/mol. The molecule has 1 aromatic rings. The molecule has 6 nitrogen and oxygen atoms in total. The van der Waals surface area contributed by atoms with Crippen molar-refractivity contribution in [3.05, 3.63) is 55.8 Å². The van der Waals surface area contributed by atoms with E-state index < -0.39 is 0 Å². The first-order valence-corrected chi connectivity index (χ1v) is 5.98. The van der Waals surface area contributed by atoms with Crippen LogP contribution in [0.3, 0.4) is 0 Å². The van der Waals surface area contributed by atoms with Crippen molar-refractivity contribution in [2.24, 2.45) is 0 Å². The van der Waals surface area contributed by atoms with Gasteiger partial charge in [-0.05, 0) is 12.5 Å².